The lowest BCUT2D eigenvalue weighted by atomic mass is 9.89. The molecule has 1 fully saturated rings. The Kier molecular flexibility index (Phi) is 4.04. The van der Waals surface area contributed by atoms with Crippen molar-refractivity contribution in [3.8, 4) is 5.75 Å². The van der Waals surface area contributed by atoms with Crippen molar-refractivity contribution in [1.29, 1.82) is 0 Å². The van der Waals surface area contributed by atoms with Gasteiger partial charge in [-0.25, -0.2) is 4.79 Å². The molecule has 2 bridgehead atoms. The van der Waals surface area contributed by atoms with Gasteiger partial charge in [0.25, 0.3) is 0 Å². The van der Waals surface area contributed by atoms with Gasteiger partial charge >= 0.3 is 5.97 Å². The van der Waals surface area contributed by atoms with Crippen molar-refractivity contribution in [2.75, 3.05) is 12.0 Å². The number of ether oxygens (including phenoxy) is 2. The molecule has 2 atom stereocenters. The van der Waals surface area contributed by atoms with Crippen molar-refractivity contribution in [1.82, 2.24) is 5.32 Å². The van der Waals surface area contributed by atoms with Crippen LogP contribution < -0.4 is 15.0 Å². The summed E-state index contributed by atoms with van der Waals surface area (Å²) >= 11 is 11.6. The van der Waals surface area contributed by atoms with Crippen molar-refractivity contribution in [2.24, 2.45) is 0 Å². The Morgan fingerprint density at radius 3 is 2.77 bits per heavy atom. The standard InChI is InChI=1S/C19H17ClN2O3S/c1-19-10-15(14-9-11(17(23)24-2)3-8-16(14)25-19)21-18(26)22(19)13-6-4-12(20)5-7-13/h3-9,15H,10H2,1-2H3,(H,21,26)/t15-,19+/m0/s1. The highest BCUT2D eigenvalue weighted by atomic mass is 35.5. The molecule has 2 heterocycles. The van der Waals surface area contributed by atoms with E-state index in [9.17, 15) is 4.79 Å². The Hall–Kier alpha value is -2.31. The maximum atomic E-state index is 11.8. The quantitative estimate of drug-likeness (QED) is 0.618. The summed E-state index contributed by atoms with van der Waals surface area (Å²) in [7, 11) is 1.37. The van der Waals surface area contributed by atoms with Gasteiger partial charge < -0.3 is 14.8 Å². The van der Waals surface area contributed by atoms with E-state index in [-0.39, 0.29) is 12.0 Å². The molecule has 0 amide bonds. The number of rotatable bonds is 2. The summed E-state index contributed by atoms with van der Waals surface area (Å²) in [6.45, 7) is 2.01. The zero-order valence-electron chi connectivity index (χ0n) is 14.3. The first-order chi connectivity index (χ1) is 12.4. The van der Waals surface area contributed by atoms with Crippen molar-refractivity contribution in [3.05, 3.63) is 58.6 Å². The van der Waals surface area contributed by atoms with E-state index >= 15 is 0 Å². The number of fused-ring (bicyclic) bond motifs is 4. The molecule has 4 rings (SSSR count). The Morgan fingerprint density at radius 2 is 2.08 bits per heavy atom. The van der Waals surface area contributed by atoms with Crippen LogP contribution in [0.25, 0.3) is 0 Å². The Morgan fingerprint density at radius 1 is 1.35 bits per heavy atom. The maximum Gasteiger partial charge on any atom is 0.337 e. The molecular weight excluding hydrogens is 372 g/mol. The topological polar surface area (TPSA) is 50.8 Å². The molecule has 2 aliphatic rings. The minimum Gasteiger partial charge on any atom is -0.467 e. The van der Waals surface area contributed by atoms with Crippen LogP contribution in [-0.4, -0.2) is 23.9 Å². The van der Waals surface area contributed by atoms with Gasteiger partial charge in [-0.15, -0.1) is 0 Å². The number of carbonyl (C=O) groups excluding carboxylic acids is 1. The molecule has 134 valence electrons. The summed E-state index contributed by atoms with van der Waals surface area (Å²) in [6, 6.07) is 12.8. The smallest absolute Gasteiger partial charge is 0.337 e. The van der Waals surface area contributed by atoms with Gasteiger partial charge in [0.1, 0.15) is 5.75 Å². The van der Waals surface area contributed by atoms with Crippen LogP contribution in [0.4, 0.5) is 5.69 Å². The summed E-state index contributed by atoms with van der Waals surface area (Å²) < 4.78 is 11.2. The number of halogens is 1. The fraction of sp³-hybridized carbons (Fsp3) is 0.263. The summed E-state index contributed by atoms with van der Waals surface area (Å²) in [5.41, 5.74) is 1.66. The van der Waals surface area contributed by atoms with Crippen LogP contribution in [0.3, 0.4) is 0 Å². The van der Waals surface area contributed by atoms with Gasteiger partial charge in [-0.2, -0.15) is 0 Å². The van der Waals surface area contributed by atoms with Gasteiger partial charge in [0, 0.05) is 22.7 Å². The highest BCUT2D eigenvalue weighted by Gasteiger charge is 2.48. The molecule has 1 saturated heterocycles. The number of esters is 1. The van der Waals surface area contributed by atoms with E-state index in [1.54, 1.807) is 12.1 Å². The first-order valence-corrected chi connectivity index (χ1v) is 8.97. The van der Waals surface area contributed by atoms with Crippen molar-refractivity contribution < 1.29 is 14.3 Å². The predicted octanol–water partition coefficient (Wildman–Crippen LogP) is 4.06. The van der Waals surface area contributed by atoms with Gasteiger partial charge in [-0.1, -0.05) is 11.6 Å². The second-order valence-corrected chi connectivity index (χ2v) is 7.36. The summed E-state index contributed by atoms with van der Waals surface area (Å²) in [5.74, 6) is 0.354. The van der Waals surface area contributed by atoms with Gasteiger partial charge in [0.2, 0.25) is 0 Å². The lowest BCUT2D eigenvalue weighted by Gasteiger charge is -2.52. The molecule has 5 nitrogen and oxygen atoms in total. The van der Waals surface area contributed by atoms with E-state index in [0.717, 1.165) is 17.0 Å². The fourth-order valence-electron chi connectivity index (χ4n) is 3.60. The van der Waals surface area contributed by atoms with E-state index in [2.05, 4.69) is 5.32 Å². The van der Waals surface area contributed by atoms with E-state index in [1.807, 2.05) is 42.2 Å². The molecular formula is C19H17ClN2O3S. The first-order valence-electron chi connectivity index (χ1n) is 8.19. The summed E-state index contributed by atoms with van der Waals surface area (Å²) in [5, 5.41) is 4.60. The molecule has 0 saturated carbocycles. The molecule has 0 spiro atoms. The second kappa shape index (κ2) is 6.14. The summed E-state index contributed by atoms with van der Waals surface area (Å²) in [6.07, 6.45) is 0.674. The van der Waals surface area contributed by atoms with Gasteiger partial charge in [0.05, 0.1) is 18.7 Å². The van der Waals surface area contributed by atoms with Crippen LogP contribution in [0, 0.1) is 0 Å². The number of anilines is 1. The monoisotopic (exact) mass is 388 g/mol. The van der Waals surface area contributed by atoms with E-state index in [4.69, 9.17) is 33.3 Å². The van der Waals surface area contributed by atoms with Gasteiger partial charge in [-0.3, -0.25) is 4.90 Å². The SMILES string of the molecule is COC(=O)c1ccc2c(c1)[C@@H]1C[C@@](C)(O2)N(c2ccc(Cl)cc2)C(=S)N1. The van der Waals surface area contributed by atoms with Crippen LogP contribution in [0.5, 0.6) is 5.75 Å². The Bertz CT molecular complexity index is 902. The Labute approximate surface area is 161 Å². The van der Waals surface area contributed by atoms with Crippen molar-refractivity contribution in [2.45, 2.75) is 25.1 Å². The number of nitrogens with zero attached hydrogens (tertiary/aromatic N) is 1. The van der Waals surface area contributed by atoms with Gasteiger partial charge in [0.15, 0.2) is 10.8 Å². The van der Waals surface area contributed by atoms with E-state index in [1.165, 1.54) is 7.11 Å². The van der Waals surface area contributed by atoms with Crippen molar-refractivity contribution >= 4 is 40.6 Å². The highest BCUT2D eigenvalue weighted by Crippen LogP contribution is 2.45. The predicted molar refractivity (Wildman–Crippen MR) is 104 cm³/mol. The lowest BCUT2D eigenvalue weighted by Crippen LogP contribution is -2.65. The Balaban J connectivity index is 1.75. The second-order valence-electron chi connectivity index (χ2n) is 6.54. The van der Waals surface area contributed by atoms with Crippen LogP contribution >= 0.6 is 23.8 Å². The molecule has 0 radical (unpaired) electrons. The minimum absolute atomic E-state index is 0.0376. The molecule has 0 unspecified atom stereocenters. The van der Waals surface area contributed by atoms with E-state index in [0.29, 0.717) is 22.1 Å². The average molecular weight is 389 g/mol. The fourth-order valence-corrected chi connectivity index (χ4v) is 4.17. The molecule has 2 aliphatic heterocycles. The molecule has 2 aromatic rings. The van der Waals surface area contributed by atoms with Crippen LogP contribution in [0.1, 0.15) is 35.3 Å². The number of nitrogens with one attached hydrogen (secondary N) is 1. The van der Waals surface area contributed by atoms with Crippen LogP contribution in [-0.2, 0) is 4.74 Å². The van der Waals surface area contributed by atoms with Crippen LogP contribution in [0.15, 0.2) is 42.5 Å². The third-order valence-corrected chi connectivity index (χ3v) is 5.33. The molecule has 1 N–H and O–H groups in total. The molecule has 0 aliphatic carbocycles. The molecule has 26 heavy (non-hydrogen) atoms. The molecule has 2 aromatic carbocycles. The number of benzene rings is 2. The molecule has 0 aromatic heterocycles. The number of hydrogen-bond acceptors (Lipinski definition) is 4. The lowest BCUT2D eigenvalue weighted by molar-refractivity contribution is 0.0494. The third kappa shape index (κ3) is 2.70. The zero-order chi connectivity index (χ0) is 18.5. The largest absolute Gasteiger partial charge is 0.467 e. The number of hydrogen-bond donors (Lipinski definition) is 1. The third-order valence-electron chi connectivity index (χ3n) is 4.78. The number of thiocarbonyl (C=S) groups is 1. The maximum absolute atomic E-state index is 11.8. The van der Waals surface area contributed by atoms with Crippen LogP contribution in [0.2, 0.25) is 5.02 Å². The first kappa shape index (κ1) is 17.1. The van der Waals surface area contributed by atoms with Crippen molar-refractivity contribution in [3.63, 3.8) is 0 Å². The average Bonchev–Trinajstić information content (AvgIpc) is 2.61. The molecule has 7 heteroatoms. The van der Waals surface area contributed by atoms with Gasteiger partial charge in [-0.05, 0) is 61.6 Å². The number of carbonyl (C=O) groups is 1. The normalized spacial score (nSPS) is 23.6. The van der Waals surface area contributed by atoms with E-state index < -0.39 is 5.72 Å². The zero-order valence-corrected chi connectivity index (χ0v) is 15.9. The number of methoxy groups -OCH3 is 1. The minimum atomic E-state index is -0.638. The summed E-state index contributed by atoms with van der Waals surface area (Å²) in [4.78, 5) is 13.8. The highest BCUT2D eigenvalue weighted by molar-refractivity contribution is 7.80.